The van der Waals surface area contributed by atoms with Gasteiger partial charge in [-0.3, -0.25) is 4.79 Å². The van der Waals surface area contributed by atoms with E-state index in [1.54, 1.807) is 21.8 Å². The quantitative estimate of drug-likeness (QED) is 0.440. The van der Waals surface area contributed by atoms with Crippen LogP contribution in [0.1, 0.15) is 29.0 Å². The van der Waals surface area contributed by atoms with Gasteiger partial charge in [0, 0.05) is 56.3 Å². The zero-order chi connectivity index (χ0) is 25.8. The molecular formula is C25H28N6O5S. The molecule has 12 heteroatoms. The molecule has 11 nitrogen and oxygen atoms in total. The fourth-order valence-corrected chi connectivity index (χ4v) is 5.12. The summed E-state index contributed by atoms with van der Waals surface area (Å²) in [6, 6.07) is 11.2. The lowest BCUT2D eigenvalue weighted by atomic mass is 10.1. The van der Waals surface area contributed by atoms with Crippen molar-refractivity contribution in [3.05, 3.63) is 72.7 Å². The van der Waals surface area contributed by atoms with Crippen LogP contribution in [-0.4, -0.2) is 82.0 Å². The molecule has 2 aromatic heterocycles. The van der Waals surface area contributed by atoms with Gasteiger partial charge in [-0.15, -0.1) is 0 Å². The molecule has 194 valence electrons. The molecule has 0 N–H and O–H groups in total. The van der Waals surface area contributed by atoms with Crippen LogP contribution in [0.15, 0.2) is 61.3 Å². The van der Waals surface area contributed by atoms with Gasteiger partial charge in [-0.2, -0.15) is 9.40 Å². The maximum Gasteiger partial charge on any atom is 0.272 e. The molecule has 1 aromatic carbocycles. The normalized spacial score (nSPS) is 16.5. The van der Waals surface area contributed by atoms with Gasteiger partial charge in [-0.25, -0.2) is 23.1 Å². The van der Waals surface area contributed by atoms with Crippen LogP contribution in [0, 0.1) is 0 Å². The third-order valence-corrected chi connectivity index (χ3v) is 7.58. The minimum absolute atomic E-state index is 0.238. The van der Waals surface area contributed by atoms with E-state index in [-0.39, 0.29) is 25.3 Å². The molecule has 3 aromatic rings. The minimum atomic E-state index is -3.29. The fourth-order valence-electron chi connectivity index (χ4n) is 4.29. The topological polar surface area (TPSA) is 120 Å². The van der Waals surface area contributed by atoms with Gasteiger partial charge in [0.15, 0.2) is 5.82 Å². The van der Waals surface area contributed by atoms with E-state index in [9.17, 15) is 13.2 Å². The fraction of sp³-hybridized carbons (Fsp3) is 0.360. The Morgan fingerprint density at radius 1 is 1.05 bits per heavy atom. The minimum Gasteiger partial charge on any atom is -0.459 e. The van der Waals surface area contributed by atoms with Crippen molar-refractivity contribution in [2.24, 2.45) is 0 Å². The van der Waals surface area contributed by atoms with Gasteiger partial charge in [-0.05, 0) is 49.2 Å². The molecule has 1 saturated heterocycles. The van der Waals surface area contributed by atoms with Crippen molar-refractivity contribution in [2.45, 2.75) is 25.6 Å². The largest absolute Gasteiger partial charge is 0.459 e. The average molecular weight is 525 g/mol. The number of carbonyl (C=O) groups excluding carboxylic acids is 1. The van der Waals surface area contributed by atoms with Gasteiger partial charge < -0.3 is 14.4 Å². The summed E-state index contributed by atoms with van der Waals surface area (Å²) < 4.78 is 37.5. The molecule has 4 heterocycles. The Labute approximate surface area is 215 Å². The Hall–Kier alpha value is -3.77. The zero-order valence-corrected chi connectivity index (χ0v) is 21.2. The summed E-state index contributed by atoms with van der Waals surface area (Å²) in [5, 5.41) is 4.25. The molecule has 5 rings (SSSR count). The van der Waals surface area contributed by atoms with Crippen molar-refractivity contribution in [2.75, 3.05) is 32.4 Å². The number of nitrogens with zero attached hydrogens (tertiary/aromatic N) is 6. The summed E-state index contributed by atoms with van der Waals surface area (Å²) in [6.07, 6.45) is 9.56. The summed E-state index contributed by atoms with van der Waals surface area (Å²) in [5.41, 5.74) is 2.71. The maximum absolute atomic E-state index is 13.4. The van der Waals surface area contributed by atoms with Crippen LogP contribution >= 0.6 is 0 Å². The van der Waals surface area contributed by atoms with E-state index >= 15 is 0 Å². The van der Waals surface area contributed by atoms with Crippen LogP contribution in [0.5, 0.6) is 0 Å². The van der Waals surface area contributed by atoms with Crippen LogP contribution in [-0.2, 0) is 25.9 Å². The van der Waals surface area contributed by atoms with E-state index in [4.69, 9.17) is 14.5 Å². The lowest BCUT2D eigenvalue weighted by Crippen LogP contribution is -2.50. The molecule has 2 aliphatic rings. The number of amides is 1. The van der Waals surface area contributed by atoms with Gasteiger partial charge in [0.2, 0.25) is 16.3 Å². The molecular weight excluding hydrogens is 496 g/mol. The molecule has 1 fully saturated rings. The number of piperazine rings is 1. The third kappa shape index (κ3) is 5.97. The van der Waals surface area contributed by atoms with Gasteiger partial charge in [0.1, 0.15) is 18.2 Å². The number of sulfonamides is 1. The first-order valence-corrected chi connectivity index (χ1v) is 13.9. The highest BCUT2D eigenvalue weighted by Crippen LogP contribution is 2.21. The summed E-state index contributed by atoms with van der Waals surface area (Å²) in [5.74, 6) is 0.218. The van der Waals surface area contributed by atoms with Crippen LogP contribution in [0.4, 0.5) is 0 Å². The second-order valence-electron chi connectivity index (χ2n) is 8.89. The Balaban J connectivity index is 1.37. The lowest BCUT2D eigenvalue weighted by molar-refractivity contribution is -0.0290. The molecule has 0 bridgehead atoms. The van der Waals surface area contributed by atoms with E-state index in [2.05, 4.69) is 10.1 Å². The van der Waals surface area contributed by atoms with Crippen molar-refractivity contribution in [1.82, 2.24) is 29.0 Å². The van der Waals surface area contributed by atoms with Crippen LogP contribution in [0.2, 0.25) is 0 Å². The van der Waals surface area contributed by atoms with Gasteiger partial charge >= 0.3 is 0 Å². The first kappa shape index (κ1) is 24.9. The second-order valence-corrected chi connectivity index (χ2v) is 10.9. The van der Waals surface area contributed by atoms with Gasteiger partial charge in [-0.1, -0.05) is 0 Å². The Morgan fingerprint density at radius 3 is 2.43 bits per heavy atom. The number of hydrogen-bond donors (Lipinski definition) is 0. The number of carbonyl (C=O) groups is 1. The van der Waals surface area contributed by atoms with Crippen molar-refractivity contribution in [3.8, 4) is 17.1 Å². The monoisotopic (exact) mass is 524 g/mol. The first-order chi connectivity index (χ1) is 17.9. The standard InChI is InChI=1S/C25H28N6O5S/c1-37(33,34)30-14-12-29(13-15-30)25(32)22-18-20(4-2-5-23-35-16-17-36-23)27-24(28-22)19-6-8-21(9-7-19)31-11-3-10-26-31/h3,6-11,16-18,23H,2,4-5,12-15H2,1H3. The number of ether oxygens (including phenoxy) is 2. The highest BCUT2D eigenvalue weighted by molar-refractivity contribution is 7.88. The molecule has 0 unspecified atom stereocenters. The third-order valence-electron chi connectivity index (χ3n) is 6.28. The SMILES string of the molecule is CS(=O)(=O)N1CCN(C(=O)c2cc(CCCC3OC=CO3)nc(-c3ccc(-n4cccn4)cc3)n2)CC1. The number of hydrogen-bond acceptors (Lipinski definition) is 8. The molecule has 0 saturated carbocycles. The molecule has 0 spiro atoms. The van der Waals surface area contributed by atoms with Crippen molar-refractivity contribution < 1.29 is 22.7 Å². The second kappa shape index (κ2) is 10.7. The molecule has 0 radical (unpaired) electrons. The zero-order valence-electron chi connectivity index (χ0n) is 20.4. The number of aryl methyl sites for hydroxylation is 1. The van der Waals surface area contributed by atoms with E-state index in [1.807, 2.05) is 36.5 Å². The Bertz CT molecular complexity index is 1360. The number of aromatic nitrogens is 4. The van der Waals surface area contributed by atoms with Gasteiger partial charge in [0.25, 0.3) is 5.91 Å². The number of benzene rings is 1. The highest BCUT2D eigenvalue weighted by Gasteiger charge is 2.28. The van der Waals surface area contributed by atoms with Crippen LogP contribution in [0.25, 0.3) is 17.1 Å². The van der Waals surface area contributed by atoms with E-state index < -0.39 is 10.0 Å². The van der Waals surface area contributed by atoms with Gasteiger partial charge in [0.05, 0.1) is 11.9 Å². The molecule has 0 atom stereocenters. The Morgan fingerprint density at radius 2 is 1.78 bits per heavy atom. The molecule has 1 amide bonds. The number of rotatable bonds is 8. The van der Waals surface area contributed by atoms with Crippen LogP contribution < -0.4 is 0 Å². The highest BCUT2D eigenvalue weighted by atomic mass is 32.2. The average Bonchev–Trinajstić information content (AvgIpc) is 3.63. The molecule has 37 heavy (non-hydrogen) atoms. The van der Waals surface area contributed by atoms with E-state index in [1.165, 1.54) is 23.1 Å². The summed E-state index contributed by atoms with van der Waals surface area (Å²) in [6.45, 7) is 1.14. The Kier molecular flexibility index (Phi) is 7.19. The molecule has 0 aliphatic carbocycles. The summed E-state index contributed by atoms with van der Waals surface area (Å²) in [4.78, 5) is 24.4. The van der Waals surface area contributed by atoms with Crippen molar-refractivity contribution >= 4 is 15.9 Å². The van der Waals surface area contributed by atoms with E-state index in [0.717, 1.165) is 23.4 Å². The first-order valence-electron chi connectivity index (χ1n) is 12.1. The van der Waals surface area contributed by atoms with Crippen LogP contribution in [0.3, 0.4) is 0 Å². The maximum atomic E-state index is 13.4. The summed E-state index contributed by atoms with van der Waals surface area (Å²) in [7, 11) is -3.29. The lowest BCUT2D eigenvalue weighted by Gasteiger charge is -2.33. The smallest absolute Gasteiger partial charge is 0.272 e. The summed E-state index contributed by atoms with van der Waals surface area (Å²) >= 11 is 0. The molecule has 2 aliphatic heterocycles. The van der Waals surface area contributed by atoms with Crippen molar-refractivity contribution in [3.63, 3.8) is 0 Å². The predicted molar refractivity (Wildman–Crippen MR) is 135 cm³/mol. The predicted octanol–water partition coefficient (Wildman–Crippen LogP) is 2.21. The van der Waals surface area contributed by atoms with Crippen molar-refractivity contribution in [1.29, 1.82) is 0 Å². The van der Waals surface area contributed by atoms with E-state index in [0.29, 0.717) is 37.4 Å².